The van der Waals surface area contributed by atoms with Crippen molar-refractivity contribution in [2.45, 2.75) is 25.5 Å². The van der Waals surface area contributed by atoms with Crippen LogP contribution in [0.5, 0.6) is 0 Å². The van der Waals surface area contributed by atoms with Crippen molar-refractivity contribution in [3.05, 3.63) is 36.2 Å². The van der Waals surface area contributed by atoms with Crippen LogP contribution in [0, 0.1) is 0 Å². The number of anilines is 3. The first-order valence-electron chi connectivity index (χ1n) is 8.70. The van der Waals surface area contributed by atoms with Crippen molar-refractivity contribution in [2.24, 2.45) is 5.14 Å². The Labute approximate surface area is 160 Å². The van der Waals surface area contributed by atoms with Gasteiger partial charge in [-0.1, -0.05) is 19.1 Å². The van der Waals surface area contributed by atoms with Crippen LogP contribution in [0.15, 0.2) is 30.6 Å². The minimum Gasteiger partial charge on any atom is -0.385 e. The van der Waals surface area contributed by atoms with Crippen molar-refractivity contribution >= 4 is 27.6 Å². The van der Waals surface area contributed by atoms with Crippen LogP contribution in [-0.4, -0.2) is 50.2 Å². The number of hydrogen-bond acceptors (Lipinski definition) is 8. The Hall–Kier alpha value is -2.30. The van der Waals surface area contributed by atoms with Gasteiger partial charge in [-0.15, -0.1) is 0 Å². The Kier molecular flexibility index (Phi) is 7.89. The summed E-state index contributed by atoms with van der Waals surface area (Å²) < 4.78 is 27.6. The van der Waals surface area contributed by atoms with Crippen LogP contribution >= 0.6 is 0 Å². The summed E-state index contributed by atoms with van der Waals surface area (Å²) in [6.45, 7) is 4.39. The highest BCUT2D eigenvalue weighted by atomic mass is 32.2. The molecule has 1 aromatic heterocycles. The zero-order valence-electron chi connectivity index (χ0n) is 15.6. The van der Waals surface area contributed by atoms with E-state index in [0.29, 0.717) is 29.8 Å². The number of sulfonamides is 1. The van der Waals surface area contributed by atoms with Gasteiger partial charge >= 0.3 is 0 Å². The minimum absolute atomic E-state index is 0.227. The van der Waals surface area contributed by atoms with Crippen molar-refractivity contribution in [3.63, 3.8) is 0 Å². The van der Waals surface area contributed by atoms with Gasteiger partial charge in [-0.25, -0.2) is 23.5 Å². The van der Waals surface area contributed by atoms with E-state index in [9.17, 15) is 8.42 Å². The third kappa shape index (κ3) is 7.45. The summed E-state index contributed by atoms with van der Waals surface area (Å²) in [5.74, 6) is 0.751. The molecule has 0 aliphatic heterocycles. The molecule has 148 valence electrons. The number of ether oxygens (including phenoxy) is 1. The van der Waals surface area contributed by atoms with Crippen LogP contribution in [0.2, 0.25) is 0 Å². The van der Waals surface area contributed by atoms with Crippen LogP contribution in [0.3, 0.4) is 0 Å². The van der Waals surface area contributed by atoms with Gasteiger partial charge < -0.3 is 15.0 Å². The molecule has 1 aromatic carbocycles. The van der Waals surface area contributed by atoms with E-state index in [0.717, 1.165) is 25.9 Å². The molecule has 0 radical (unpaired) electrons. The third-order valence-electron chi connectivity index (χ3n) is 3.66. The average molecular weight is 395 g/mol. The summed E-state index contributed by atoms with van der Waals surface area (Å²) in [4.78, 5) is 15.0. The maximum absolute atomic E-state index is 11.3. The lowest BCUT2D eigenvalue weighted by atomic mass is 10.2. The number of nitrogens with one attached hydrogen (secondary N) is 1. The molecule has 2 aromatic rings. The molecule has 0 saturated heterocycles. The number of aromatic nitrogens is 3. The van der Waals surface area contributed by atoms with Crippen LogP contribution < -0.4 is 15.4 Å². The minimum atomic E-state index is -3.59. The van der Waals surface area contributed by atoms with E-state index in [1.807, 2.05) is 0 Å². The van der Waals surface area contributed by atoms with Gasteiger partial charge in [-0.2, -0.15) is 4.98 Å². The predicted octanol–water partition coefficient (Wildman–Crippen LogP) is 1.66. The van der Waals surface area contributed by atoms with Crippen LogP contribution in [0.1, 0.15) is 25.3 Å². The highest BCUT2D eigenvalue weighted by Gasteiger charge is 2.11. The summed E-state index contributed by atoms with van der Waals surface area (Å²) in [7, 11) is -1.91. The molecular weight excluding hydrogens is 368 g/mol. The first-order valence-corrected chi connectivity index (χ1v) is 10.4. The molecule has 3 N–H and O–H groups in total. The van der Waals surface area contributed by atoms with Gasteiger partial charge in [0.15, 0.2) is 0 Å². The number of nitrogens with zero attached hydrogens (tertiary/aromatic N) is 4. The van der Waals surface area contributed by atoms with Gasteiger partial charge in [0.25, 0.3) is 0 Å². The summed E-state index contributed by atoms with van der Waals surface area (Å²) in [5.41, 5.74) is 1.26. The second-order valence-electron chi connectivity index (χ2n) is 6.08. The number of hydrogen-bond donors (Lipinski definition) is 2. The van der Waals surface area contributed by atoms with Gasteiger partial charge in [0.05, 0.1) is 5.75 Å². The molecule has 0 aliphatic rings. The molecule has 0 amide bonds. The molecule has 1 heterocycles. The summed E-state index contributed by atoms with van der Waals surface area (Å²) in [6, 6.07) is 6.96. The molecule has 0 fully saturated rings. The van der Waals surface area contributed by atoms with Crippen molar-refractivity contribution in [3.8, 4) is 0 Å². The fourth-order valence-electron chi connectivity index (χ4n) is 2.58. The molecule has 0 unspecified atom stereocenters. The largest absolute Gasteiger partial charge is 0.385 e. The molecule has 0 spiro atoms. The second-order valence-corrected chi connectivity index (χ2v) is 7.69. The third-order valence-corrected chi connectivity index (χ3v) is 4.40. The molecule has 0 atom stereocenters. The Bertz CT molecular complexity index is 831. The summed E-state index contributed by atoms with van der Waals surface area (Å²) >= 11 is 0. The van der Waals surface area contributed by atoms with Crippen LogP contribution in [0.25, 0.3) is 0 Å². The lowest BCUT2D eigenvalue weighted by molar-refractivity contribution is 0.196. The van der Waals surface area contributed by atoms with Gasteiger partial charge in [0, 0.05) is 32.5 Å². The molecule has 27 heavy (non-hydrogen) atoms. The molecule has 0 saturated carbocycles. The first-order chi connectivity index (χ1) is 12.9. The smallest absolute Gasteiger partial charge is 0.231 e. The summed E-state index contributed by atoms with van der Waals surface area (Å²) in [6.07, 6.45) is 3.30. The number of benzene rings is 1. The topological polar surface area (TPSA) is 123 Å². The van der Waals surface area contributed by atoms with E-state index in [4.69, 9.17) is 9.88 Å². The predicted molar refractivity (Wildman–Crippen MR) is 105 cm³/mol. The maximum Gasteiger partial charge on any atom is 0.231 e. The Balaban J connectivity index is 2.13. The van der Waals surface area contributed by atoms with Gasteiger partial charge in [-0.05, 0) is 30.5 Å². The Morgan fingerprint density at radius 1 is 1.26 bits per heavy atom. The molecule has 10 heteroatoms. The lowest BCUT2D eigenvalue weighted by Crippen LogP contribution is -2.28. The Morgan fingerprint density at radius 3 is 2.78 bits per heavy atom. The van der Waals surface area contributed by atoms with E-state index in [-0.39, 0.29) is 5.75 Å². The fraction of sp³-hybridized carbons (Fsp3) is 0.471. The van der Waals surface area contributed by atoms with E-state index >= 15 is 0 Å². The Morgan fingerprint density at radius 2 is 2.07 bits per heavy atom. The van der Waals surface area contributed by atoms with Gasteiger partial charge in [0.1, 0.15) is 6.33 Å². The fourth-order valence-corrected chi connectivity index (χ4v) is 3.23. The average Bonchev–Trinajstić information content (AvgIpc) is 2.60. The second kappa shape index (κ2) is 10.1. The van der Waals surface area contributed by atoms with Crippen molar-refractivity contribution in [1.82, 2.24) is 15.0 Å². The molecular formula is C17H26N6O3S. The number of nitrogens with two attached hydrogens (primary N) is 1. The standard InChI is InChI=1S/C17H26N6O3S/c1-3-8-23(9-5-10-26-2)17-20-13-19-16(22-17)21-15-7-4-6-14(11-15)12-27(18,24)25/h4,6-7,11,13H,3,5,8-10,12H2,1-2H3,(H2,18,24,25)(H,19,20,21,22). The van der Waals surface area contributed by atoms with E-state index in [1.54, 1.807) is 31.4 Å². The summed E-state index contributed by atoms with van der Waals surface area (Å²) in [5, 5.41) is 8.19. The zero-order valence-corrected chi connectivity index (χ0v) is 16.4. The van der Waals surface area contributed by atoms with Crippen molar-refractivity contribution < 1.29 is 13.2 Å². The van der Waals surface area contributed by atoms with Crippen molar-refractivity contribution in [1.29, 1.82) is 0 Å². The van der Waals surface area contributed by atoms with E-state index < -0.39 is 10.0 Å². The normalized spacial score (nSPS) is 11.4. The highest BCUT2D eigenvalue weighted by molar-refractivity contribution is 7.88. The van der Waals surface area contributed by atoms with Crippen molar-refractivity contribution in [2.75, 3.05) is 37.0 Å². The molecule has 0 aliphatic carbocycles. The van der Waals surface area contributed by atoms with Gasteiger partial charge in [-0.3, -0.25) is 0 Å². The van der Waals surface area contributed by atoms with E-state index in [2.05, 4.69) is 32.1 Å². The number of rotatable bonds is 11. The molecule has 0 bridgehead atoms. The highest BCUT2D eigenvalue weighted by Crippen LogP contribution is 2.17. The maximum atomic E-state index is 11.3. The van der Waals surface area contributed by atoms with Crippen LogP contribution in [0.4, 0.5) is 17.6 Å². The molecule has 2 rings (SSSR count). The number of primary sulfonamides is 1. The van der Waals surface area contributed by atoms with Crippen LogP contribution in [-0.2, 0) is 20.5 Å². The first kappa shape index (κ1) is 21.0. The lowest BCUT2D eigenvalue weighted by Gasteiger charge is -2.22. The number of methoxy groups -OCH3 is 1. The monoisotopic (exact) mass is 394 g/mol. The quantitative estimate of drug-likeness (QED) is 0.552. The molecule has 9 nitrogen and oxygen atoms in total. The zero-order chi connectivity index (χ0) is 19.7. The van der Waals surface area contributed by atoms with Gasteiger partial charge in [0.2, 0.25) is 21.9 Å². The SMILES string of the molecule is CCCN(CCCOC)c1ncnc(Nc2cccc(CS(N)(=O)=O)c2)n1. The van der Waals surface area contributed by atoms with E-state index in [1.165, 1.54) is 6.33 Å².